The monoisotopic (exact) mass is 262 g/mol. The molecule has 1 aromatic rings. The molecule has 0 amide bonds. The number of nitrogens with two attached hydrogens (primary N) is 1. The highest BCUT2D eigenvalue weighted by molar-refractivity contribution is 5.39. The topological polar surface area (TPSA) is 38.5 Å². The molecule has 106 valence electrons. The third kappa shape index (κ3) is 6.08. The molecule has 1 aromatic carbocycles. The van der Waals surface area contributed by atoms with Crippen LogP contribution in [0, 0.1) is 5.92 Å². The first-order valence-corrected chi connectivity index (χ1v) is 7.35. The molecule has 0 aliphatic heterocycles. The second-order valence-corrected chi connectivity index (χ2v) is 5.67. The number of benzene rings is 1. The van der Waals surface area contributed by atoms with Crippen LogP contribution in [0.2, 0.25) is 0 Å². The first kappa shape index (κ1) is 14.4. The average molecular weight is 262 g/mol. The van der Waals surface area contributed by atoms with Crippen molar-refractivity contribution in [1.82, 2.24) is 4.90 Å². The summed E-state index contributed by atoms with van der Waals surface area (Å²) in [5, 5.41) is 0. The van der Waals surface area contributed by atoms with Gasteiger partial charge in [-0.1, -0.05) is 12.1 Å². The molecule has 0 aromatic heterocycles. The molecule has 3 nitrogen and oxygen atoms in total. The highest BCUT2D eigenvalue weighted by atomic mass is 16.5. The van der Waals surface area contributed by atoms with Crippen LogP contribution >= 0.6 is 0 Å². The van der Waals surface area contributed by atoms with Gasteiger partial charge in [-0.3, -0.25) is 0 Å². The number of hydrogen-bond acceptors (Lipinski definition) is 3. The van der Waals surface area contributed by atoms with Crippen molar-refractivity contribution < 1.29 is 4.74 Å². The number of nitrogen functional groups attached to an aromatic ring is 1. The van der Waals surface area contributed by atoms with E-state index in [-0.39, 0.29) is 0 Å². The third-order valence-corrected chi connectivity index (χ3v) is 3.65. The third-order valence-electron chi connectivity index (χ3n) is 3.65. The molecular formula is C16H26N2O. The molecule has 0 atom stereocenters. The zero-order chi connectivity index (χ0) is 13.5. The zero-order valence-electron chi connectivity index (χ0n) is 12.0. The first-order valence-electron chi connectivity index (χ1n) is 7.35. The van der Waals surface area contributed by atoms with Gasteiger partial charge >= 0.3 is 0 Å². The quantitative estimate of drug-likeness (QED) is 0.549. The summed E-state index contributed by atoms with van der Waals surface area (Å²) in [6.45, 7) is 4.00. The fourth-order valence-electron chi connectivity index (χ4n) is 2.10. The summed E-state index contributed by atoms with van der Waals surface area (Å²) >= 11 is 0. The highest BCUT2D eigenvalue weighted by Crippen LogP contribution is 2.28. The van der Waals surface area contributed by atoms with E-state index in [1.54, 1.807) is 0 Å². The Kier molecular flexibility index (Phi) is 5.67. The summed E-state index contributed by atoms with van der Waals surface area (Å²) in [7, 11) is 2.17. The predicted molar refractivity (Wildman–Crippen MR) is 80.2 cm³/mol. The second kappa shape index (κ2) is 7.51. The minimum absolute atomic E-state index is 0.841. The molecule has 1 fully saturated rings. The molecule has 0 spiro atoms. The fraction of sp³-hybridized carbons (Fsp3) is 0.625. The van der Waals surface area contributed by atoms with Gasteiger partial charge < -0.3 is 15.4 Å². The molecule has 3 heteroatoms. The second-order valence-electron chi connectivity index (χ2n) is 5.67. The van der Waals surface area contributed by atoms with Crippen LogP contribution < -0.4 is 5.73 Å². The van der Waals surface area contributed by atoms with Crippen molar-refractivity contribution in [2.45, 2.75) is 25.7 Å². The standard InChI is InChI=1S/C16H26N2O/c1-18(11-12-19-13-15-4-5-15)10-2-3-14-6-8-16(17)9-7-14/h6-9,15H,2-5,10-13,17H2,1H3. The molecule has 1 aliphatic rings. The number of rotatable bonds is 9. The molecule has 0 radical (unpaired) electrons. The van der Waals surface area contributed by atoms with E-state index in [1.807, 2.05) is 12.1 Å². The Morgan fingerprint density at radius 1 is 1.21 bits per heavy atom. The molecule has 0 bridgehead atoms. The van der Waals surface area contributed by atoms with Gasteiger partial charge in [0.2, 0.25) is 0 Å². The zero-order valence-corrected chi connectivity index (χ0v) is 12.0. The summed E-state index contributed by atoms with van der Waals surface area (Å²) in [6, 6.07) is 8.19. The molecule has 0 saturated heterocycles. The normalized spacial score (nSPS) is 15.1. The van der Waals surface area contributed by atoms with Crippen LogP contribution in [0.3, 0.4) is 0 Å². The lowest BCUT2D eigenvalue weighted by atomic mass is 10.1. The first-order chi connectivity index (χ1) is 9.24. The molecule has 1 saturated carbocycles. The Labute approximate surface area is 116 Å². The van der Waals surface area contributed by atoms with Crippen molar-refractivity contribution in [1.29, 1.82) is 0 Å². The largest absolute Gasteiger partial charge is 0.399 e. The van der Waals surface area contributed by atoms with Crippen LogP contribution in [0.5, 0.6) is 0 Å². The highest BCUT2D eigenvalue weighted by Gasteiger charge is 2.20. The summed E-state index contributed by atoms with van der Waals surface area (Å²) in [5.41, 5.74) is 7.88. The van der Waals surface area contributed by atoms with Gasteiger partial charge in [0.1, 0.15) is 0 Å². The van der Waals surface area contributed by atoms with Crippen molar-refractivity contribution in [2.24, 2.45) is 5.92 Å². The molecule has 2 rings (SSSR count). The van der Waals surface area contributed by atoms with Gasteiger partial charge in [0.05, 0.1) is 6.61 Å². The van der Waals surface area contributed by atoms with Gasteiger partial charge in [-0.05, 0) is 62.9 Å². The van der Waals surface area contributed by atoms with Crippen molar-refractivity contribution in [2.75, 3.05) is 39.1 Å². The predicted octanol–water partition coefficient (Wildman–Crippen LogP) is 2.56. The van der Waals surface area contributed by atoms with Gasteiger partial charge in [0.15, 0.2) is 0 Å². The lowest BCUT2D eigenvalue weighted by molar-refractivity contribution is 0.103. The fourth-order valence-corrected chi connectivity index (χ4v) is 2.10. The summed E-state index contributed by atoms with van der Waals surface area (Å²) < 4.78 is 5.65. The number of aryl methyl sites for hydroxylation is 1. The van der Waals surface area contributed by atoms with Gasteiger partial charge in [-0.2, -0.15) is 0 Å². The molecule has 1 aliphatic carbocycles. The number of hydrogen-bond donors (Lipinski definition) is 1. The SMILES string of the molecule is CN(CCCc1ccc(N)cc1)CCOCC1CC1. The van der Waals surface area contributed by atoms with Crippen LogP contribution in [-0.2, 0) is 11.2 Å². The molecule has 19 heavy (non-hydrogen) atoms. The molecular weight excluding hydrogens is 236 g/mol. The molecule has 2 N–H and O–H groups in total. The number of ether oxygens (including phenoxy) is 1. The Balaban J connectivity index is 1.50. The van der Waals surface area contributed by atoms with Crippen molar-refractivity contribution in [3.05, 3.63) is 29.8 Å². The number of nitrogens with zero attached hydrogens (tertiary/aromatic N) is 1. The summed E-state index contributed by atoms with van der Waals surface area (Å²) in [6.07, 6.45) is 5.05. The summed E-state index contributed by atoms with van der Waals surface area (Å²) in [5.74, 6) is 0.871. The van der Waals surface area contributed by atoms with Crippen LogP contribution in [0.15, 0.2) is 24.3 Å². The Morgan fingerprint density at radius 3 is 2.63 bits per heavy atom. The Morgan fingerprint density at radius 2 is 1.95 bits per heavy atom. The number of likely N-dealkylation sites (N-methyl/N-ethyl adjacent to an activating group) is 1. The van der Waals surface area contributed by atoms with Gasteiger partial charge in [-0.15, -0.1) is 0 Å². The van der Waals surface area contributed by atoms with E-state index in [0.29, 0.717) is 0 Å². The number of anilines is 1. The van der Waals surface area contributed by atoms with Crippen LogP contribution in [-0.4, -0.2) is 38.3 Å². The van der Waals surface area contributed by atoms with E-state index in [4.69, 9.17) is 10.5 Å². The molecule has 0 heterocycles. The van der Waals surface area contributed by atoms with Gasteiger partial charge in [0.25, 0.3) is 0 Å². The smallest absolute Gasteiger partial charge is 0.0593 e. The average Bonchev–Trinajstić information content (AvgIpc) is 3.21. The van der Waals surface area contributed by atoms with Gasteiger partial charge in [-0.25, -0.2) is 0 Å². The minimum atomic E-state index is 0.841. The maximum atomic E-state index is 5.68. The Bertz CT molecular complexity index is 360. The Hall–Kier alpha value is -1.06. The van der Waals surface area contributed by atoms with Crippen molar-refractivity contribution in [3.8, 4) is 0 Å². The van der Waals surface area contributed by atoms with Crippen molar-refractivity contribution >= 4 is 5.69 Å². The maximum Gasteiger partial charge on any atom is 0.0593 e. The van der Waals surface area contributed by atoms with Crippen LogP contribution in [0.4, 0.5) is 5.69 Å². The maximum absolute atomic E-state index is 5.68. The van der Waals surface area contributed by atoms with Crippen molar-refractivity contribution in [3.63, 3.8) is 0 Å². The minimum Gasteiger partial charge on any atom is -0.399 e. The molecule has 0 unspecified atom stereocenters. The van der Waals surface area contributed by atoms with Gasteiger partial charge in [0, 0.05) is 18.8 Å². The van der Waals surface area contributed by atoms with Crippen LogP contribution in [0.1, 0.15) is 24.8 Å². The van der Waals surface area contributed by atoms with E-state index in [2.05, 4.69) is 24.1 Å². The van der Waals surface area contributed by atoms with E-state index < -0.39 is 0 Å². The lowest BCUT2D eigenvalue weighted by Crippen LogP contribution is -2.25. The van der Waals surface area contributed by atoms with E-state index in [1.165, 1.54) is 24.8 Å². The van der Waals surface area contributed by atoms with E-state index in [9.17, 15) is 0 Å². The van der Waals surface area contributed by atoms with E-state index >= 15 is 0 Å². The van der Waals surface area contributed by atoms with Crippen LogP contribution in [0.25, 0.3) is 0 Å². The lowest BCUT2D eigenvalue weighted by Gasteiger charge is -2.16. The summed E-state index contributed by atoms with van der Waals surface area (Å²) in [4.78, 5) is 2.35. The van der Waals surface area contributed by atoms with E-state index in [0.717, 1.165) is 44.3 Å².